The maximum atomic E-state index is 12.6. The predicted octanol–water partition coefficient (Wildman–Crippen LogP) is 3.32. The molecule has 1 amide bonds. The van der Waals surface area contributed by atoms with Crippen LogP contribution in [-0.4, -0.2) is 62.9 Å². The van der Waals surface area contributed by atoms with Crippen molar-refractivity contribution in [3.8, 4) is 0 Å². The molecule has 6 nitrogen and oxygen atoms in total. The van der Waals surface area contributed by atoms with Crippen molar-refractivity contribution < 1.29 is 9.32 Å². The van der Waals surface area contributed by atoms with E-state index < -0.39 is 9.75 Å². The highest BCUT2D eigenvalue weighted by Gasteiger charge is 2.68. The van der Waals surface area contributed by atoms with Gasteiger partial charge >= 0.3 is 0 Å². The third-order valence-electron chi connectivity index (χ3n) is 5.97. The second kappa shape index (κ2) is 8.25. The summed E-state index contributed by atoms with van der Waals surface area (Å²) in [4.78, 5) is 21.4. The van der Waals surface area contributed by atoms with Gasteiger partial charge in [0.1, 0.15) is 4.33 Å². The van der Waals surface area contributed by atoms with Crippen LogP contribution in [0.25, 0.3) is 0 Å². The molecule has 1 aliphatic carbocycles. The number of carbonyl (C=O) groups is 1. The number of hydrogen-bond donors (Lipinski definition) is 0. The molecule has 1 aliphatic heterocycles. The summed E-state index contributed by atoms with van der Waals surface area (Å²) in [6, 6.07) is 10.1. The summed E-state index contributed by atoms with van der Waals surface area (Å²) in [5.41, 5.74) is 0.557. The van der Waals surface area contributed by atoms with Crippen LogP contribution < -0.4 is 0 Å². The van der Waals surface area contributed by atoms with E-state index >= 15 is 0 Å². The van der Waals surface area contributed by atoms with Gasteiger partial charge in [0, 0.05) is 39.0 Å². The first-order valence-corrected chi connectivity index (χ1v) is 10.9. The zero-order chi connectivity index (χ0) is 20.5. The monoisotopic (exact) mass is 436 g/mol. The van der Waals surface area contributed by atoms with Gasteiger partial charge in [0.05, 0.1) is 5.41 Å². The van der Waals surface area contributed by atoms with Crippen LogP contribution in [0.15, 0.2) is 34.9 Å². The first kappa shape index (κ1) is 20.6. The highest BCUT2D eigenvalue weighted by molar-refractivity contribution is 6.53. The molecular formula is C21H26Cl2N4O2. The van der Waals surface area contributed by atoms with Gasteiger partial charge in [-0.25, -0.2) is 0 Å². The van der Waals surface area contributed by atoms with Crippen molar-refractivity contribution in [3.63, 3.8) is 0 Å². The van der Waals surface area contributed by atoms with E-state index in [1.807, 2.05) is 30.0 Å². The van der Waals surface area contributed by atoms with Crippen molar-refractivity contribution in [2.75, 3.05) is 32.7 Å². The van der Waals surface area contributed by atoms with Gasteiger partial charge in [-0.2, -0.15) is 4.98 Å². The van der Waals surface area contributed by atoms with E-state index in [1.54, 1.807) is 0 Å². The SMILES string of the molecule is C[C@@]1(C(=O)N2CCN(CCCc3nc(Cc4ccccc4)no3)CC2)CC1(Cl)Cl. The maximum absolute atomic E-state index is 12.6. The molecule has 8 heteroatoms. The largest absolute Gasteiger partial charge is 0.340 e. The second-order valence-electron chi connectivity index (χ2n) is 8.22. The van der Waals surface area contributed by atoms with Crippen molar-refractivity contribution in [1.82, 2.24) is 19.9 Å². The number of carbonyl (C=O) groups excluding carboxylic acids is 1. The van der Waals surface area contributed by atoms with Crippen molar-refractivity contribution in [1.29, 1.82) is 0 Å². The average molecular weight is 437 g/mol. The number of nitrogens with zero attached hydrogens (tertiary/aromatic N) is 4. The summed E-state index contributed by atoms with van der Waals surface area (Å²) in [6.45, 7) is 5.98. The summed E-state index contributed by atoms with van der Waals surface area (Å²) in [7, 11) is 0. The molecule has 0 spiro atoms. The van der Waals surface area contributed by atoms with Gasteiger partial charge in [0.15, 0.2) is 5.82 Å². The highest BCUT2D eigenvalue weighted by Crippen LogP contribution is 2.64. The number of aromatic nitrogens is 2. The normalized spacial score (nSPS) is 23.9. The molecule has 0 N–H and O–H groups in total. The quantitative estimate of drug-likeness (QED) is 0.622. The molecule has 1 aromatic heterocycles. The van der Waals surface area contributed by atoms with Crippen LogP contribution in [0.5, 0.6) is 0 Å². The topological polar surface area (TPSA) is 62.5 Å². The van der Waals surface area contributed by atoms with Crippen molar-refractivity contribution >= 4 is 29.1 Å². The molecule has 1 aromatic carbocycles. The lowest BCUT2D eigenvalue weighted by Crippen LogP contribution is -2.51. The molecule has 156 valence electrons. The van der Waals surface area contributed by atoms with Gasteiger partial charge in [0.2, 0.25) is 11.8 Å². The fourth-order valence-corrected chi connectivity index (χ4v) is 4.55. The van der Waals surface area contributed by atoms with E-state index in [4.69, 9.17) is 27.7 Å². The Hall–Kier alpha value is -1.63. The van der Waals surface area contributed by atoms with Crippen LogP contribution >= 0.6 is 23.2 Å². The lowest BCUT2D eigenvalue weighted by molar-refractivity contribution is -0.138. The van der Waals surface area contributed by atoms with Gasteiger partial charge < -0.3 is 9.42 Å². The molecule has 1 saturated carbocycles. The highest BCUT2D eigenvalue weighted by atomic mass is 35.5. The first-order valence-electron chi connectivity index (χ1n) is 10.1. The standard InChI is InChI=1S/C21H26Cl2N4O2/c1-20(15-21(20,22)23)19(28)27-12-10-26(11-13-27)9-5-8-18-24-17(25-29-18)14-16-6-3-2-4-7-16/h2-4,6-7H,5,8-15H2,1H3/t20-/m0/s1. The number of aryl methyl sites for hydroxylation is 1. The minimum absolute atomic E-state index is 0.0824. The molecule has 1 saturated heterocycles. The van der Waals surface area contributed by atoms with Crippen LogP contribution in [0, 0.1) is 5.41 Å². The molecule has 2 aromatic rings. The van der Waals surface area contributed by atoms with Crippen LogP contribution in [0.4, 0.5) is 0 Å². The van der Waals surface area contributed by atoms with E-state index in [9.17, 15) is 4.79 Å². The maximum Gasteiger partial charge on any atom is 0.231 e. The fraction of sp³-hybridized carbons (Fsp3) is 0.571. The zero-order valence-corrected chi connectivity index (χ0v) is 18.1. The molecule has 29 heavy (non-hydrogen) atoms. The Kier molecular flexibility index (Phi) is 5.87. The fourth-order valence-electron chi connectivity index (χ4n) is 3.85. The van der Waals surface area contributed by atoms with Crippen molar-refractivity contribution in [3.05, 3.63) is 47.6 Å². The van der Waals surface area contributed by atoms with Gasteiger partial charge in [-0.3, -0.25) is 9.69 Å². The summed E-state index contributed by atoms with van der Waals surface area (Å²) < 4.78 is 4.48. The lowest BCUT2D eigenvalue weighted by atomic mass is 10.1. The molecule has 2 heterocycles. The Morgan fingerprint density at radius 2 is 1.86 bits per heavy atom. The number of piperazine rings is 1. The van der Waals surface area contributed by atoms with Gasteiger partial charge in [0.25, 0.3) is 0 Å². The molecule has 2 aliphatic rings. The molecule has 0 bridgehead atoms. The van der Waals surface area contributed by atoms with Crippen LogP contribution in [0.2, 0.25) is 0 Å². The second-order valence-corrected chi connectivity index (χ2v) is 9.70. The van der Waals surface area contributed by atoms with Gasteiger partial charge in [-0.1, -0.05) is 35.5 Å². The smallest absolute Gasteiger partial charge is 0.231 e. The molecule has 0 unspecified atom stereocenters. The summed E-state index contributed by atoms with van der Waals surface area (Å²) in [5.74, 6) is 1.49. The number of rotatable bonds is 7. The molecule has 0 radical (unpaired) electrons. The van der Waals surface area contributed by atoms with E-state index in [0.717, 1.165) is 51.4 Å². The Labute approximate surface area is 181 Å². The number of amides is 1. The molecular weight excluding hydrogens is 411 g/mol. The van der Waals surface area contributed by atoms with E-state index in [0.29, 0.717) is 18.7 Å². The Balaban J connectivity index is 1.17. The Bertz CT molecular complexity index is 849. The molecule has 2 fully saturated rings. The van der Waals surface area contributed by atoms with E-state index in [2.05, 4.69) is 27.2 Å². The average Bonchev–Trinajstić information content (AvgIpc) is 3.02. The third kappa shape index (κ3) is 4.60. The van der Waals surface area contributed by atoms with Gasteiger partial charge in [-0.05, 0) is 31.9 Å². The van der Waals surface area contributed by atoms with Gasteiger partial charge in [-0.15, -0.1) is 23.2 Å². The summed E-state index contributed by atoms with van der Waals surface area (Å²) >= 11 is 12.3. The van der Waals surface area contributed by atoms with E-state index in [-0.39, 0.29) is 5.91 Å². The zero-order valence-electron chi connectivity index (χ0n) is 16.6. The Morgan fingerprint density at radius 1 is 1.17 bits per heavy atom. The minimum Gasteiger partial charge on any atom is -0.340 e. The third-order valence-corrected chi connectivity index (χ3v) is 7.07. The van der Waals surface area contributed by atoms with E-state index in [1.165, 1.54) is 5.56 Å². The number of halogens is 2. The van der Waals surface area contributed by atoms with Crippen LogP contribution in [-0.2, 0) is 17.6 Å². The van der Waals surface area contributed by atoms with Crippen LogP contribution in [0.1, 0.15) is 37.0 Å². The summed E-state index contributed by atoms with van der Waals surface area (Å²) in [5, 5.41) is 4.08. The van der Waals surface area contributed by atoms with Crippen molar-refractivity contribution in [2.45, 2.75) is 36.9 Å². The van der Waals surface area contributed by atoms with Crippen LogP contribution in [0.3, 0.4) is 0 Å². The number of hydrogen-bond acceptors (Lipinski definition) is 5. The number of benzene rings is 1. The lowest BCUT2D eigenvalue weighted by Gasteiger charge is -2.36. The Morgan fingerprint density at radius 3 is 2.52 bits per heavy atom. The predicted molar refractivity (Wildman–Crippen MR) is 112 cm³/mol. The minimum atomic E-state index is -0.898. The van der Waals surface area contributed by atoms with Crippen molar-refractivity contribution in [2.24, 2.45) is 5.41 Å². The summed E-state index contributed by atoms with van der Waals surface area (Å²) in [6.07, 6.45) is 2.94. The first-order chi connectivity index (χ1) is 13.9. The number of alkyl halides is 2. The molecule has 4 rings (SSSR count). The molecule has 1 atom stereocenters.